The molecule has 168 valence electrons. The lowest BCUT2D eigenvalue weighted by molar-refractivity contribution is 0.0957. The average molecular weight is 469 g/mol. The molecule has 3 rings (SSSR count). The van der Waals surface area contributed by atoms with Gasteiger partial charge in [-0.1, -0.05) is 72.3 Å². The highest BCUT2D eigenvalue weighted by molar-refractivity contribution is 7.98. The molecule has 0 atom stereocenters. The minimum absolute atomic E-state index is 0.163. The first-order chi connectivity index (χ1) is 15.3. The van der Waals surface area contributed by atoms with Crippen molar-refractivity contribution in [2.45, 2.75) is 19.2 Å². The lowest BCUT2D eigenvalue weighted by atomic mass is 10.1. The van der Waals surface area contributed by atoms with Gasteiger partial charge in [0.2, 0.25) is 10.0 Å². The Morgan fingerprint density at radius 1 is 0.906 bits per heavy atom. The molecule has 0 aromatic heterocycles. The van der Waals surface area contributed by atoms with E-state index in [1.54, 1.807) is 36.0 Å². The third-order valence-electron chi connectivity index (χ3n) is 4.91. The molecule has 32 heavy (non-hydrogen) atoms. The molecule has 0 aliphatic rings. The van der Waals surface area contributed by atoms with E-state index in [0.717, 1.165) is 23.3 Å². The average Bonchev–Trinajstić information content (AvgIpc) is 2.78. The summed E-state index contributed by atoms with van der Waals surface area (Å²) >= 11 is 1.74. The zero-order chi connectivity index (χ0) is 23.0. The number of rotatable bonds is 10. The van der Waals surface area contributed by atoms with Crippen molar-refractivity contribution in [2.75, 3.05) is 22.9 Å². The Labute approximate surface area is 194 Å². The molecule has 0 saturated carbocycles. The van der Waals surface area contributed by atoms with Crippen LogP contribution in [0.2, 0.25) is 0 Å². The van der Waals surface area contributed by atoms with Crippen molar-refractivity contribution in [1.29, 1.82) is 0 Å². The zero-order valence-corrected chi connectivity index (χ0v) is 20.0. The third kappa shape index (κ3) is 6.87. The fourth-order valence-electron chi connectivity index (χ4n) is 3.22. The summed E-state index contributed by atoms with van der Waals surface area (Å²) in [5.41, 5.74) is 4.06. The van der Waals surface area contributed by atoms with Gasteiger partial charge < -0.3 is 5.32 Å². The van der Waals surface area contributed by atoms with Crippen molar-refractivity contribution < 1.29 is 13.2 Å². The second-order valence-corrected chi connectivity index (χ2v) is 10.6. The summed E-state index contributed by atoms with van der Waals surface area (Å²) in [6, 6.07) is 24.6. The molecule has 3 aromatic rings. The van der Waals surface area contributed by atoms with Crippen LogP contribution >= 0.6 is 11.8 Å². The number of aryl methyl sites for hydroxylation is 1. The van der Waals surface area contributed by atoms with Gasteiger partial charge in [0.1, 0.15) is 0 Å². The summed E-state index contributed by atoms with van der Waals surface area (Å²) in [5.74, 6) is 1.37. The maximum absolute atomic E-state index is 12.9. The Morgan fingerprint density at radius 3 is 2.25 bits per heavy atom. The number of amides is 1. The molecule has 0 unspecified atom stereocenters. The van der Waals surface area contributed by atoms with Gasteiger partial charge in [0, 0.05) is 18.1 Å². The van der Waals surface area contributed by atoms with E-state index < -0.39 is 10.0 Å². The van der Waals surface area contributed by atoms with Gasteiger partial charge in [-0.15, -0.1) is 0 Å². The lowest BCUT2D eigenvalue weighted by Crippen LogP contribution is -2.33. The molecule has 0 bridgehead atoms. The number of nitrogens with zero attached hydrogens (tertiary/aromatic N) is 1. The third-order valence-corrected chi connectivity index (χ3v) is 7.06. The first-order valence-corrected chi connectivity index (χ1v) is 13.4. The van der Waals surface area contributed by atoms with Gasteiger partial charge >= 0.3 is 0 Å². The van der Waals surface area contributed by atoms with Crippen molar-refractivity contribution in [3.63, 3.8) is 0 Å². The second kappa shape index (κ2) is 11.2. The molecule has 0 aliphatic carbocycles. The Morgan fingerprint density at radius 2 is 1.56 bits per heavy atom. The van der Waals surface area contributed by atoms with Gasteiger partial charge in [-0.3, -0.25) is 9.10 Å². The summed E-state index contributed by atoms with van der Waals surface area (Å²) in [5, 5.41) is 2.92. The number of para-hydroxylation sites is 1. The molecule has 0 heterocycles. The van der Waals surface area contributed by atoms with Gasteiger partial charge in [0.25, 0.3) is 5.91 Å². The van der Waals surface area contributed by atoms with Crippen LogP contribution in [0.1, 0.15) is 27.0 Å². The Balaban J connectivity index is 1.64. The van der Waals surface area contributed by atoms with Crippen LogP contribution in [0, 0.1) is 6.92 Å². The molecule has 0 saturated heterocycles. The van der Waals surface area contributed by atoms with Crippen molar-refractivity contribution in [1.82, 2.24) is 5.32 Å². The van der Waals surface area contributed by atoms with Crippen LogP contribution in [-0.4, -0.2) is 32.9 Å². The SMILES string of the molecule is Cc1ccc(CSCCNC(=O)c2ccccc2N(Cc2ccccc2)S(C)(=O)=O)cc1. The van der Waals surface area contributed by atoms with Crippen LogP contribution < -0.4 is 9.62 Å². The molecule has 7 heteroatoms. The van der Waals surface area contributed by atoms with E-state index >= 15 is 0 Å². The van der Waals surface area contributed by atoms with E-state index in [9.17, 15) is 13.2 Å². The van der Waals surface area contributed by atoms with Crippen molar-refractivity contribution in [3.8, 4) is 0 Å². The van der Waals surface area contributed by atoms with Crippen LogP contribution in [0.3, 0.4) is 0 Å². The van der Waals surface area contributed by atoms with Crippen molar-refractivity contribution in [2.24, 2.45) is 0 Å². The Bertz CT molecular complexity index is 1130. The van der Waals surface area contributed by atoms with Crippen LogP contribution in [-0.2, 0) is 22.3 Å². The maximum Gasteiger partial charge on any atom is 0.253 e. The van der Waals surface area contributed by atoms with Crippen LogP contribution in [0.15, 0.2) is 78.9 Å². The molecular formula is C25H28N2O3S2. The van der Waals surface area contributed by atoms with Crippen molar-refractivity contribution in [3.05, 3.63) is 101 Å². The van der Waals surface area contributed by atoms with Gasteiger partial charge in [-0.05, 0) is 30.2 Å². The van der Waals surface area contributed by atoms with Crippen LogP contribution in [0.25, 0.3) is 0 Å². The Hall–Kier alpha value is -2.77. The Kier molecular flexibility index (Phi) is 8.36. The smallest absolute Gasteiger partial charge is 0.253 e. The second-order valence-electron chi connectivity index (χ2n) is 7.57. The molecule has 0 radical (unpaired) electrons. The van der Waals surface area contributed by atoms with Crippen LogP contribution in [0.5, 0.6) is 0 Å². The minimum atomic E-state index is -3.59. The van der Waals surface area contributed by atoms with Gasteiger partial charge in [-0.2, -0.15) is 11.8 Å². The van der Waals surface area contributed by atoms with Crippen molar-refractivity contribution >= 4 is 33.4 Å². The van der Waals surface area contributed by atoms with Gasteiger partial charge in [-0.25, -0.2) is 8.42 Å². The van der Waals surface area contributed by atoms with Crippen LogP contribution in [0.4, 0.5) is 5.69 Å². The molecule has 1 N–H and O–H groups in total. The summed E-state index contributed by atoms with van der Waals surface area (Å²) < 4.78 is 26.4. The molecule has 0 spiro atoms. The van der Waals surface area contributed by atoms with E-state index in [2.05, 4.69) is 36.5 Å². The number of benzene rings is 3. The summed E-state index contributed by atoms with van der Waals surface area (Å²) in [6.07, 6.45) is 1.16. The van der Waals surface area contributed by atoms with E-state index in [-0.39, 0.29) is 12.5 Å². The summed E-state index contributed by atoms with van der Waals surface area (Å²) in [4.78, 5) is 12.9. The molecular weight excluding hydrogens is 440 g/mol. The maximum atomic E-state index is 12.9. The largest absolute Gasteiger partial charge is 0.351 e. The highest BCUT2D eigenvalue weighted by Crippen LogP contribution is 2.25. The summed E-state index contributed by atoms with van der Waals surface area (Å²) in [6.45, 7) is 2.73. The first kappa shape index (κ1) is 23.9. The minimum Gasteiger partial charge on any atom is -0.351 e. The topological polar surface area (TPSA) is 66.5 Å². The van der Waals surface area contributed by atoms with E-state index in [0.29, 0.717) is 17.8 Å². The monoisotopic (exact) mass is 468 g/mol. The number of hydrogen-bond acceptors (Lipinski definition) is 4. The van der Waals surface area contributed by atoms with E-state index in [1.165, 1.54) is 15.4 Å². The number of anilines is 1. The molecule has 0 aliphatic heterocycles. The fraction of sp³-hybridized carbons (Fsp3) is 0.240. The standard InChI is InChI=1S/C25H28N2O3S2/c1-20-12-14-22(15-13-20)19-31-17-16-26-25(28)23-10-6-7-11-24(23)27(32(2,29)30)18-21-8-4-3-5-9-21/h3-15H,16-19H2,1-2H3,(H,26,28). The molecule has 1 amide bonds. The number of sulfonamides is 1. The first-order valence-electron chi connectivity index (χ1n) is 10.4. The van der Waals surface area contributed by atoms with Gasteiger partial charge in [0.05, 0.1) is 24.1 Å². The number of carbonyl (C=O) groups excluding carboxylic acids is 1. The molecule has 3 aromatic carbocycles. The predicted molar refractivity (Wildman–Crippen MR) is 134 cm³/mol. The number of hydrogen-bond donors (Lipinski definition) is 1. The molecule has 5 nitrogen and oxygen atoms in total. The highest BCUT2D eigenvalue weighted by Gasteiger charge is 2.23. The number of nitrogens with one attached hydrogen (secondary N) is 1. The normalized spacial score (nSPS) is 11.2. The predicted octanol–water partition coefficient (Wildman–Crippen LogP) is 4.62. The van der Waals surface area contributed by atoms with E-state index in [1.807, 2.05) is 30.3 Å². The van der Waals surface area contributed by atoms with Gasteiger partial charge in [0.15, 0.2) is 0 Å². The number of thioether (sulfide) groups is 1. The molecule has 0 fully saturated rings. The number of carbonyl (C=O) groups is 1. The lowest BCUT2D eigenvalue weighted by Gasteiger charge is -2.24. The summed E-state index contributed by atoms with van der Waals surface area (Å²) in [7, 11) is -3.59. The zero-order valence-electron chi connectivity index (χ0n) is 18.3. The fourth-order valence-corrected chi connectivity index (χ4v) is 4.94. The highest BCUT2D eigenvalue weighted by atomic mass is 32.2. The quantitative estimate of drug-likeness (QED) is 0.441. The van der Waals surface area contributed by atoms with E-state index in [4.69, 9.17) is 0 Å².